The maximum absolute atomic E-state index is 12.4. The van der Waals surface area contributed by atoms with Crippen molar-refractivity contribution < 1.29 is 9.53 Å². The Balaban J connectivity index is 1.25. The normalized spacial score (nSPS) is 12.9. The first-order valence-corrected chi connectivity index (χ1v) is 11.1. The maximum atomic E-state index is 12.4. The summed E-state index contributed by atoms with van der Waals surface area (Å²) in [5, 5.41) is 4.07. The van der Waals surface area contributed by atoms with Gasteiger partial charge in [-0.3, -0.25) is 5.32 Å². The van der Waals surface area contributed by atoms with Gasteiger partial charge in [0.2, 0.25) is 0 Å². The zero-order chi connectivity index (χ0) is 22.1. The number of hydrogen-bond donors (Lipinski definition) is 2. The van der Waals surface area contributed by atoms with Crippen LogP contribution < -0.4 is 15.0 Å². The van der Waals surface area contributed by atoms with Gasteiger partial charge < -0.3 is 14.6 Å². The first-order chi connectivity index (χ1) is 15.6. The molecule has 5 nitrogen and oxygen atoms in total. The number of nitrogens with zero attached hydrogens (tertiary/aromatic N) is 1. The van der Waals surface area contributed by atoms with Crippen LogP contribution in [-0.2, 0) is 13.0 Å². The first kappa shape index (κ1) is 20.2. The van der Waals surface area contributed by atoms with Crippen LogP contribution in [-0.4, -0.2) is 17.6 Å². The number of carbonyl (C=O) groups excluding carboxylic acids is 1. The zero-order valence-electron chi connectivity index (χ0n) is 18.4. The average Bonchev–Trinajstić information content (AvgIpc) is 3.38. The fourth-order valence-electron chi connectivity index (χ4n) is 4.34. The van der Waals surface area contributed by atoms with E-state index in [9.17, 15) is 4.79 Å². The van der Waals surface area contributed by atoms with Crippen LogP contribution in [0.1, 0.15) is 36.5 Å². The Bertz CT molecular complexity index is 1260. The summed E-state index contributed by atoms with van der Waals surface area (Å²) in [7, 11) is 0. The molecule has 2 heterocycles. The molecule has 0 radical (unpaired) electrons. The molecule has 32 heavy (non-hydrogen) atoms. The predicted molar refractivity (Wildman–Crippen MR) is 130 cm³/mol. The molecule has 5 rings (SSSR count). The Hall–Kier alpha value is -3.73. The molecule has 1 aliphatic heterocycles. The maximum Gasteiger partial charge on any atom is 0.417 e. The minimum atomic E-state index is -0.476. The van der Waals surface area contributed by atoms with Gasteiger partial charge in [0.1, 0.15) is 5.75 Å². The summed E-state index contributed by atoms with van der Waals surface area (Å²) in [6, 6.07) is 22.1. The van der Waals surface area contributed by atoms with Crippen molar-refractivity contribution in [1.82, 2.24) is 4.98 Å². The minimum absolute atomic E-state index is 0.456. The number of nitrogens with one attached hydrogen (secondary N) is 2. The number of benzene rings is 3. The van der Waals surface area contributed by atoms with Crippen molar-refractivity contribution in [2.45, 2.75) is 32.7 Å². The van der Waals surface area contributed by atoms with Gasteiger partial charge in [-0.1, -0.05) is 44.2 Å². The number of aromatic nitrogens is 1. The molecule has 5 heteroatoms. The third-order valence-corrected chi connectivity index (χ3v) is 6.11. The fraction of sp³-hybridized carbons (Fsp3) is 0.222. The van der Waals surface area contributed by atoms with Gasteiger partial charge in [-0.15, -0.1) is 0 Å². The molecule has 0 unspecified atom stereocenters. The van der Waals surface area contributed by atoms with Crippen molar-refractivity contribution in [3.8, 4) is 5.75 Å². The smallest absolute Gasteiger partial charge is 0.410 e. The number of para-hydroxylation sites is 1. The van der Waals surface area contributed by atoms with Crippen LogP contribution in [0.25, 0.3) is 10.9 Å². The van der Waals surface area contributed by atoms with Gasteiger partial charge in [-0.2, -0.15) is 0 Å². The van der Waals surface area contributed by atoms with Gasteiger partial charge >= 0.3 is 6.09 Å². The molecule has 162 valence electrons. The van der Waals surface area contributed by atoms with Crippen LogP contribution in [0.3, 0.4) is 0 Å². The highest BCUT2D eigenvalue weighted by Gasteiger charge is 2.21. The van der Waals surface area contributed by atoms with Crippen LogP contribution in [0.5, 0.6) is 5.75 Å². The fourth-order valence-corrected chi connectivity index (χ4v) is 4.34. The molecule has 0 saturated heterocycles. The number of hydrogen-bond acceptors (Lipinski definition) is 3. The summed E-state index contributed by atoms with van der Waals surface area (Å²) >= 11 is 0. The lowest BCUT2D eigenvalue weighted by molar-refractivity contribution is 0.215. The highest BCUT2D eigenvalue weighted by Crippen LogP contribution is 2.33. The third kappa shape index (κ3) is 4.06. The summed E-state index contributed by atoms with van der Waals surface area (Å²) in [6.45, 7) is 6.09. The lowest BCUT2D eigenvalue weighted by Gasteiger charge is -2.19. The second-order valence-corrected chi connectivity index (χ2v) is 8.61. The Morgan fingerprint density at radius 1 is 1.09 bits per heavy atom. The Kier molecular flexibility index (Phi) is 5.31. The Morgan fingerprint density at radius 3 is 2.72 bits per heavy atom. The van der Waals surface area contributed by atoms with E-state index in [4.69, 9.17) is 4.74 Å². The number of anilines is 2. The molecule has 1 amide bonds. The summed E-state index contributed by atoms with van der Waals surface area (Å²) < 4.78 is 5.55. The number of aromatic amines is 1. The lowest BCUT2D eigenvalue weighted by atomic mass is 10.0. The van der Waals surface area contributed by atoms with Gasteiger partial charge in [-0.25, -0.2) is 4.79 Å². The van der Waals surface area contributed by atoms with Gasteiger partial charge in [0.25, 0.3) is 0 Å². The van der Waals surface area contributed by atoms with E-state index >= 15 is 0 Å². The zero-order valence-corrected chi connectivity index (χ0v) is 18.4. The first-order valence-electron chi connectivity index (χ1n) is 11.1. The monoisotopic (exact) mass is 425 g/mol. The van der Waals surface area contributed by atoms with Crippen molar-refractivity contribution >= 4 is 28.4 Å². The number of rotatable bonds is 5. The van der Waals surface area contributed by atoms with Gasteiger partial charge in [-0.05, 0) is 65.4 Å². The van der Waals surface area contributed by atoms with Crippen LogP contribution in [0.4, 0.5) is 16.2 Å². The van der Waals surface area contributed by atoms with E-state index in [1.807, 2.05) is 42.5 Å². The van der Waals surface area contributed by atoms with Gasteiger partial charge in [0, 0.05) is 41.6 Å². The molecule has 0 bridgehead atoms. The van der Waals surface area contributed by atoms with Crippen molar-refractivity contribution in [1.29, 1.82) is 0 Å². The van der Waals surface area contributed by atoms with Crippen molar-refractivity contribution in [3.05, 3.63) is 89.6 Å². The molecule has 1 aliphatic rings. The van der Waals surface area contributed by atoms with Crippen LogP contribution in [0.2, 0.25) is 0 Å². The second kappa shape index (κ2) is 8.42. The number of amides is 1. The standard InChI is InChI=1S/C27H27N3O2/c1-18(2)19-7-9-22(10-8-19)29-27(31)32-23-11-12-26-20(15-23)13-14-30(26)17-21-16-28-25-6-4-3-5-24(21)25/h3-12,15-16,18,28H,13-14,17H2,1-2H3,(H,29,31). The molecular formula is C27H27N3O2. The lowest BCUT2D eigenvalue weighted by Crippen LogP contribution is -2.19. The van der Waals surface area contributed by atoms with E-state index < -0.39 is 6.09 Å². The number of fused-ring (bicyclic) bond motifs is 2. The summed E-state index contributed by atoms with van der Waals surface area (Å²) in [5.74, 6) is 1.02. The molecule has 0 saturated carbocycles. The quantitative estimate of drug-likeness (QED) is 0.385. The number of carbonyl (C=O) groups is 1. The van der Waals surface area contributed by atoms with E-state index in [1.54, 1.807) is 0 Å². The van der Waals surface area contributed by atoms with Crippen molar-refractivity contribution in [2.24, 2.45) is 0 Å². The van der Waals surface area contributed by atoms with Crippen LogP contribution >= 0.6 is 0 Å². The predicted octanol–water partition coefficient (Wildman–Crippen LogP) is 6.46. The molecule has 1 aromatic heterocycles. The topological polar surface area (TPSA) is 57.4 Å². The Labute approximate surface area is 188 Å². The minimum Gasteiger partial charge on any atom is -0.410 e. The van der Waals surface area contributed by atoms with E-state index in [-0.39, 0.29) is 0 Å². The molecule has 2 N–H and O–H groups in total. The van der Waals surface area contributed by atoms with E-state index in [2.05, 4.69) is 59.5 Å². The molecule has 0 fully saturated rings. The van der Waals surface area contributed by atoms with E-state index in [0.717, 1.165) is 30.7 Å². The van der Waals surface area contributed by atoms with Crippen LogP contribution in [0.15, 0.2) is 72.9 Å². The molecule has 0 atom stereocenters. The summed E-state index contributed by atoms with van der Waals surface area (Å²) in [5.41, 5.74) is 6.82. The molecule has 0 spiro atoms. The van der Waals surface area contributed by atoms with Crippen molar-refractivity contribution in [2.75, 3.05) is 16.8 Å². The van der Waals surface area contributed by atoms with Crippen molar-refractivity contribution in [3.63, 3.8) is 0 Å². The van der Waals surface area contributed by atoms with E-state index in [0.29, 0.717) is 11.7 Å². The van der Waals surface area contributed by atoms with Crippen LogP contribution in [0, 0.1) is 0 Å². The summed E-state index contributed by atoms with van der Waals surface area (Å²) in [6.07, 6.45) is 2.56. The second-order valence-electron chi connectivity index (χ2n) is 8.61. The Morgan fingerprint density at radius 2 is 1.91 bits per heavy atom. The van der Waals surface area contributed by atoms with E-state index in [1.165, 1.54) is 27.8 Å². The number of ether oxygens (including phenoxy) is 1. The number of H-pyrrole nitrogens is 1. The molecular weight excluding hydrogens is 398 g/mol. The third-order valence-electron chi connectivity index (χ3n) is 6.11. The average molecular weight is 426 g/mol. The highest BCUT2D eigenvalue weighted by molar-refractivity contribution is 5.86. The largest absolute Gasteiger partial charge is 0.417 e. The SMILES string of the molecule is CC(C)c1ccc(NC(=O)Oc2ccc3c(c2)CCN3Cc2c[nH]c3ccccc23)cc1. The highest BCUT2D eigenvalue weighted by atomic mass is 16.6. The molecule has 4 aromatic rings. The molecule has 0 aliphatic carbocycles. The molecule has 3 aromatic carbocycles. The summed E-state index contributed by atoms with van der Waals surface area (Å²) in [4.78, 5) is 18.1. The van der Waals surface area contributed by atoms with Gasteiger partial charge in [0.15, 0.2) is 0 Å². The van der Waals surface area contributed by atoms with Gasteiger partial charge in [0.05, 0.1) is 0 Å².